The molecule has 1 aromatic carbocycles. The van der Waals surface area contributed by atoms with Gasteiger partial charge in [0.1, 0.15) is 5.75 Å². The van der Waals surface area contributed by atoms with Crippen molar-refractivity contribution in [3.63, 3.8) is 0 Å². The minimum absolute atomic E-state index is 0.0420. The lowest BCUT2D eigenvalue weighted by atomic mass is 10.1. The maximum atomic E-state index is 12.2. The van der Waals surface area contributed by atoms with Gasteiger partial charge in [-0.25, -0.2) is 0 Å². The Kier molecular flexibility index (Phi) is 4.93. The molecule has 1 fully saturated rings. The number of aromatic hydroxyl groups is 1. The van der Waals surface area contributed by atoms with E-state index < -0.39 is 0 Å². The standard InChI is InChI=1S/C15H21NO3/c17-10-9-16(13-3-1-2-4-13)11-15(19)12-5-7-14(18)8-6-12/h5-8,13,17-18H,1-4,9-11H2. The van der Waals surface area contributed by atoms with Crippen LogP contribution in [0.4, 0.5) is 0 Å². The molecule has 2 N–H and O–H groups in total. The maximum absolute atomic E-state index is 12.2. The summed E-state index contributed by atoms with van der Waals surface area (Å²) in [4.78, 5) is 14.3. The van der Waals surface area contributed by atoms with Crippen LogP contribution in [0.3, 0.4) is 0 Å². The molecule has 4 nitrogen and oxygen atoms in total. The third-order valence-corrected chi connectivity index (χ3v) is 3.76. The Labute approximate surface area is 113 Å². The second-order valence-electron chi connectivity index (χ2n) is 5.10. The molecule has 1 aliphatic carbocycles. The molecule has 1 aliphatic rings. The first-order valence-corrected chi connectivity index (χ1v) is 6.88. The summed E-state index contributed by atoms with van der Waals surface area (Å²) < 4.78 is 0. The number of nitrogens with zero attached hydrogens (tertiary/aromatic N) is 1. The van der Waals surface area contributed by atoms with Crippen molar-refractivity contribution in [2.24, 2.45) is 0 Å². The van der Waals surface area contributed by atoms with Crippen LogP contribution in [0.25, 0.3) is 0 Å². The van der Waals surface area contributed by atoms with Gasteiger partial charge in [-0.1, -0.05) is 12.8 Å². The third kappa shape index (κ3) is 3.78. The van der Waals surface area contributed by atoms with Gasteiger partial charge in [0.05, 0.1) is 13.2 Å². The minimum atomic E-state index is 0.0420. The molecule has 0 radical (unpaired) electrons. The molecule has 0 aromatic heterocycles. The lowest BCUT2D eigenvalue weighted by Crippen LogP contribution is -2.39. The van der Waals surface area contributed by atoms with Crippen molar-refractivity contribution in [3.05, 3.63) is 29.8 Å². The van der Waals surface area contributed by atoms with E-state index in [-0.39, 0.29) is 18.1 Å². The number of carbonyl (C=O) groups is 1. The van der Waals surface area contributed by atoms with Crippen LogP contribution in [0.5, 0.6) is 5.75 Å². The van der Waals surface area contributed by atoms with E-state index in [1.54, 1.807) is 12.1 Å². The first kappa shape index (κ1) is 14.0. The summed E-state index contributed by atoms with van der Waals surface area (Å²) in [6.45, 7) is 0.976. The number of rotatable bonds is 6. The van der Waals surface area contributed by atoms with E-state index in [0.717, 1.165) is 12.8 Å². The molecule has 0 aliphatic heterocycles. The highest BCUT2D eigenvalue weighted by molar-refractivity contribution is 5.97. The monoisotopic (exact) mass is 263 g/mol. The van der Waals surface area contributed by atoms with Crippen molar-refractivity contribution < 1.29 is 15.0 Å². The van der Waals surface area contributed by atoms with Crippen LogP contribution in [0.2, 0.25) is 0 Å². The molecule has 0 amide bonds. The van der Waals surface area contributed by atoms with Crippen molar-refractivity contribution in [1.82, 2.24) is 4.90 Å². The van der Waals surface area contributed by atoms with Crippen molar-refractivity contribution in [2.45, 2.75) is 31.7 Å². The van der Waals surface area contributed by atoms with Crippen molar-refractivity contribution in [1.29, 1.82) is 0 Å². The fourth-order valence-electron chi connectivity index (χ4n) is 2.71. The smallest absolute Gasteiger partial charge is 0.176 e. The van der Waals surface area contributed by atoms with Gasteiger partial charge in [-0.3, -0.25) is 9.69 Å². The Bertz CT molecular complexity index is 410. The Hall–Kier alpha value is -1.39. The summed E-state index contributed by atoms with van der Waals surface area (Å²) in [6.07, 6.45) is 4.64. The molecular weight excluding hydrogens is 242 g/mol. The normalized spacial score (nSPS) is 16.1. The van der Waals surface area contributed by atoms with Crippen LogP contribution >= 0.6 is 0 Å². The lowest BCUT2D eigenvalue weighted by Gasteiger charge is -2.27. The molecule has 0 unspecified atom stereocenters. The van der Waals surface area contributed by atoms with Crippen LogP contribution in [-0.2, 0) is 0 Å². The fourth-order valence-corrected chi connectivity index (χ4v) is 2.71. The first-order chi connectivity index (χ1) is 9.20. The number of Topliss-reactive ketones (excluding diaryl/α,β-unsaturated/α-hetero) is 1. The van der Waals surface area contributed by atoms with E-state index in [9.17, 15) is 9.90 Å². The Morgan fingerprint density at radius 3 is 2.42 bits per heavy atom. The number of phenolic OH excluding ortho intramolecular Hbond substituents is 1. The number of aliphatic hydroxyl groups is 1. The molecule has 0 heterocycles. The largest absolute Gasteiger partial charge is 0.508 e. The van der Waals surface area contributed by atoms with E-state index >= 15 is 0 Å². The van der Waals surface area contributed by atoms with Gasteiger partial charge >= 0.3 is 0 Å². The quantitative estimate of drug-likeness (QED) is 0.768. The van der Waals surface area contributed by atoms with Crippen molar-refractivity contribution >= 4 is 5.78 Å². The number of hydrogen-bond acceptors (Lipinski definition) is 4. The second-order valence-corrected chi connectivity index (χ2v) is 5.10. The predicted molar refractivity (Wildman–Crippen MR) is 73.4 cm³/mol. The Morgan fingerprint density at radius 1 is 1.21 bits per heavy atom. The molecule has 4 heteroatoms. The topological polar surface area (TPSA) is 60.8 Å². The number of phenols is 1. The van der Waals surface area contributed by atoms with E-state index in [1.165, 1.54) is 25.0 Å². The Balaban J connectivity index is 1.99. The molecule has 0 spiro atoms. The molecule has 1 aromatic rings. The summed E-state index contributed by atoms with van der Waals surface area (Å²) in [5, 5.41) is 18.4. The van der Waals surface area contributed by atoms with E-state index in [2.05, 4.69) is 4.90 Å². The summed E-state index contributed by atoms with van der Waals surface area (Å²) in [5.41, 5.74) is 0.610. The van der Waals surface area contributed by atoms with Gasteiger partial charge in [-0.2, -0.15) is 0 Å². The fraction of sp³-hybridized carbons (Fsp3) is 0.533. The van der Waals surface area contributed by atoms with Gasteiger partial charge in [0.15, 0.2) is 5.78 Å². The number of carbonyl (C=O) groups excluding carboxylic acids is 1. The summed E-state index contributed by atoms with van der Waals surface area (Å²) in [5.74, 6) is 0.208. The average molecular weight is 263 g/mol. The zero-order valence-corrected chi connectivity index (χ0v) is 11.1. The van der Waals surface area contributed by atoms with Gasteiger partial charge < -0.3 is 10.2 Å². The maximum Gasteiger partial charge on any atom is 0.176 e. The highest BCUT2D eigenvalue weighted by atomic mass is 16.3. The van der Waals surface area contributed by atoms with Crippen LogP contribution in [0.15, 0.2) is 24.3 Å². The number of ketones is 1. The highest BCUT2D eigenvalue weighted by Gasteiger charge is 2.24. The molecule has 0 bridgehead atoms. The van der Waals surface area contributed by atoms with E-state index in [0.29, 0.717) is 24.7 Å². The van der Waals surface area contributed by atoms with Gasteiger partial charge in [-0.05, 0) is 37.1 Å². The van der Waals surface area contributed by atoms with Crippen LogP contribution in [0.1, 0.15) is 36.0 Å². The van der Waals surface area contributed by atoms with Gasteiger partial charge in [-0.15, -0.1) is 0 Å². The molecule has 2 rings (SSSR count). The Morgan fingerprint density at radius 2 is 1.84 bits per heavy atom. The number of hydrogen-bond donors (Lipinski definition) is 2. The first-order valence-electron chi connectivity index (χ1n) is 6.88. The minimum Gasteiger partial charge on any atom is -0.508 e. The van der Waals surface area contributed by atoms with Crippen LogP contribution < -0.4 is 0 Å². The van der Waals surface area contributed by atoms with Crippen molar-refractivity contribution in [3.8, 4) is 5.75 Å². The number of benzene rings is 1. The van der Waals surface area contributed by atoms with Crippen LogP contribution in [0, 0.1) is 0 Å². The molecule has 104 valence electrons. The molecule has 1 saturated carbocycles. The van der Waals surface area contributed by atoms with E-state index in [4.69, 9.17) is 5.11 Å². The van der Waals surface area contributed by atoms with Gasteiger partial charge in [0.2, 0.25) is 0 Å². The van der Waals surface area contributed by atoms with Gasteiger partial charge in [0, 0.05) is 18.2 Å². The lowest BCUT2D eigenvalue weighted by molar-refractivity contribution is 0.0862. The second kappa shape index (κ2) is 6.68. The average Bonchev–Trinajstić information content (AvgIpc) is 2.92. The highest BCUT2D eigenvalue weighted by Crippen LogP contribution is 2.23. The predicted octanol–water partition coefficient (Wildman–Crippen LogP) is 1.81. The molecule has 0 saturated heterocycles. The third-order valence-electron chi connectivity index (χ3n) is 3.76. The molecule has 0 atom stereocenters. The zero-order chi connectivity index (χ0) is 13.7. The van der Waals surface area contributed by atoms with Crippen LogP contribution in [-0.4, -0.2) is 46.6 Å². The van der Waals surface area contributed by atoms with E-state index in [1.807, 2.05) is 0 Å². The summed E-state index contributed by atoms with van der Waals surface area (Å²) in [6, 6.07) is 6.76. The summed E-state index contributed by atoms with van der Waals surface area (Å²) in [7, 11) is 0. The zero-order valence-electron chi connectivity index (χ0n) is 11.1. The summed E-state index contributed by atoms with van der Waals surface area (Å²) >= 11 is 0. The molecule has 19 heavy (non-hydrogen) atoms. The number of aliphatic hydroxyl groups excluding tert-OH is 1. The SMILES string of the molecule is O=C(CN(CCO)C1CCCC1)c1ccc(O)cc1. The molecular formula is C15H21NO3. The van der Waals surface area contributed by atoms with Crippen molar-refractivity contribution in [2.75, 3.05) is 19.7 Å². The van der Waals surface area contributed by atoms with Gasteiger partial charge in [0.25, 0.3) is 0 Å².